The van der Waals surface area contributed by atoms with E-state index in [9.17, 15) is 14.4 Å². The first kappa shape index (κ1) is 13.9. The molecule has 0 atom stereocenters. The van der Waals surface area contributed by atoms with E-state index in [1.807, 2.05) is 0 Å². The van der Waals surface area contributed by atoms with Crippen LogP contribution in [-0.2, 0) is 14.3 Å². The van der Waals surface area contributed by atoms with Crippen molar-refractivity contribution in [3.8, 4) is 5.75 Å². The van der Waals surface area contributed by atoms with Crippen molar-refractivity contribution in [1.29, 1.82) is 0 Å². The lowest BCUT2D eigenvalue weighted by molar-refractivity contribution is -0.153. The minimum absolute atomic E-state index is 0.109. The second-order valence-electron chi connectivity index (χ2n) is 3.48. The topological polar surface area (TPSA) is 69.7 Å². The van der Waals surface area contributed by atoms with Crippen molar-refractivity contribution in [2.45, 2.75) is 13.3 Å². The molecule has 5 nitrogen and oxygen atoms in total. The van der Waals surface area contributed by atoms with Crippen LogP contribution in [0.5, 0.6) is 5.75 Å². The maximum atomic E-state index is 11.7. The lowest BCUT2D eigenvalue weighted by Crippen LogP contribution is -2.20. The van der Waals surface area contributed by atoms with Crippen LogP contribution in [0.25, 0.3) is 0 Å². The molecule has 0 saturated heterocycles. The normalized spacial score (nSPS) is 9.67. The second-order valence-corrected chi connectivity index (χ2v) is 3.48. The monoisotopic (exact) mass is 250 g/mol. The fourth-order valence-corrected chi connectivity index (χ4v) is 1.33. The van der Waals surface area contributed by atoms with Crippen molar-refractivity contribution >= 4 is 17.5 Å². The standard InChI is InChI=1S/C13H14O5/c1-3-18-13(16)12(15)8-11(14)9-5-4-6-10(7-9)17-2/h4-7H,3,8H2,1-2H3. The van der Waals surface area contributed by atoms with E-state index in [-0.39, 0.29) is 6.61 Å². The summed E-state index contributed by atoms with van der Waals surface area (Å²) in [5, 5.41) is 0. The molecule has 0 aliphatic heterocycles. The van der Waals surface area contributed by atoms with Crippen LogP contribution in [0.15, 0.2) is 24.3 Å². The first-order chi connectivity index (χ1) is 8.58. The van der Waals surface area contributed by atoms with Gasteiger partial charge in [-0.25, -0.2) is 4.79 Å². The highest BCUT2D eigenvalue weighted by Gasteiger charge is 2.20. The quantitative estimate of drug-likeness (QED) is 0.330. The van der Waals surface area contributed by atoms with Gasteiger partial charge in [-0.1, -0.05) is 12.1 Å². The Hall–Kier alpha value is -2.17. The number of rotatable bonds is 6. The molecule has 0 radical (unpaired) electrons. The molecule has 0 amide bonds. The van der Waals surface area contributed by atoms with Gasteiger partial charge in [0, 0.05) is 5.56 Å². The van der Waals surface area contributed by atoms with Crippen molar-refractivity contribution in [2.24, 2.45) is 0 Å². The smallest absolute Gasteiger partial charge is 0.375 e. The third-order valence-corrected chi connectivity index (χ3v) is 2.22. The number of ketones is 2. The van der Waals surface area contributed by atoms with Crippen LogP contribution in [0, 0.1) is 0 Å². The minimum atomic E-state index is -0.978. The largest absolute Gasteiger partial charge is 0.497 e. The molecule has 1 aromatic rings. The molecule has 0 heterocycles. The molecule has 1 rings (SSSR count). The highest BCUT2D eigenvalue weighted by molar-refractivity contribution is 6.38. The van der Waals surface area contributed by atoms with Gasteiger partial charge in [0.05, 0.1) is 20.1 Å². The molecule has 0 aliphatic rings. The van der Waals surface area contributed by atoms with Crippen molar-refractivity contribution in [2.75, 3.05) is 13.7 Å². The van der Waals surface area contributed by atoms with E-state index in [0.29, 0.717) is 11.3 Å². The van der Waals surface area contributed by atoms with Crippen LogP contribution in [0.2, 0.25) is 0 Å². The molecule has 5 heteroatoms. The van der Waals surface area contributed by atoms with Crippen LogP contribution < -0.4 is 4.74 Å². The van der Waals surface area contributed by atoms with Crippen LogP contribution >= 0.6 is 0 Å². The third-order valence-electron chi connectivity index (χ3n) is 2.22. The van der Waals surface area contributed by atoms with Gasteiger partial charge in [0.1, 0.15) is 5.75 Å². The molecule has 0 saturated carbocycles. The van der Waals surface area contributed by atoms with Gasteiger partial charge in [0.15, 0.2) is 5.78 Å². The third kappa shape index (κ3) is 3.69. The van der Waals surface area contributed by atoms with E-state index >= 15 is 0 Å². The predicted octanol–water partition coefficient (Wildman–Crippen LogP) is 1.40. The van der Waals surface area contributed by atoms with E-state index in [1.54, 1.807) is 25.1 Å². The highest BCUT2D eigenvalue weighted by atomic mass is 16.5. The maximum Gasteiger partial charge on any atom is 0.375 e. The molecular formula is C13H14O5. The Morgan fingerprint density at radius 2 is 1.94 bits per heavy atom. The molecule has 0 N–H and O–H groups in total. The molecule has 96 valence electrons. The number of hydrogen-bond acceptors (Lipinski definition) is 5. The van der Waals surface area contributed by atoms with Crippen molar-refractivity contribution in [3.63, 3.8) is 0 Å². The Morgan fingerprint density at radius 1 is 1.22 bits per heavy atom. The molecule has 0 aliphatic carbocycles. The minimum Gasteiger partial charge on any atom is -0.497 e. The van der Waals surface area contributed by atoms with Crippen molar-refractivity contribution < 1.29 is 23.9 Å². The molecule has 0 aromatic heterocycles. The second kappa shape index (κ2) is 6.54. The summed E-state index contributed by atoms with van der Waals surface area (Å²) in [7, 11) is 1.48. The van der Waals surface area contributed by atoms with Gasteiger partial charge in [0.2, 0.25) is 5.78 Å². The van der Waals surface area contributed by atoms with Crippen LogP contribution in [0.3, 0.4) is 0 Å². The van der Waals surface area contributed by atoms with Gasteiger partial charge in [-0.15, -0.1) is 0 Å². The summed E-state index contributed by atoms with van der Waals surface area (Å²) in [5.74, 6) is -1.74. The molecule has 0 fully saturated rings. The highest BCUT2D eigenvalue weighted by Crippen LogP contribution is 2.14. The van der Waals surface area contributed by atoms with Crippen molar-refractivity contribution in [3.05, 3.63) is 29.8 Å². The summed E-state index contributed by atoms with van der Waals surface area (Å²) >= 11 is 0. The number of carbonyl (C=O) groups is 3. The van der Waals surface area contributed by atoms with Gasteiger partial charge >= 0.3 is 5.97 Å². The summed E-state index contributed by atoms with van der Waals surface area (Å²) < 4.78 is 9.49. The van der Waals surface area contributed by atoms with E-state index in [4.69, 9.17) is 4.74 Å². The Bertz CT molecular complexity index is 464. The lowest BCUT2D eigenvalue weighted by atomic mass is 10.1. The van der Waals surface area contributed by atoms with Gasteiger partial charge in [-0.3, -0.25) is 9.59 Å². The number of methoxy groups -OCH3 is 1. The zero-order valence-electron chi connectivity index (χ0n) is 10.3. The molecule has 0 spiro atoms. The first-order valence-corrected chi connectivity index (χ1v) is 5.45. The fraction of sp³-hybridized carbons (Fsp3) is 0.308. The summed E-state index contributed by atoms with van der Waals surface area (Å²) in [5.41, 5.74) is 0.326. The molecular weight excluding hydrogens is 236 g/mol. The number of hydrogen-bond donors (Lipinski definition) is 0. The van der Waals surface area contributed by atoms with Gasteiger partial charge in [-0.05, 0) is 19.1 Å². The number of carbonyl (C=O) groups excluding carboxylic acids is 3. The Labute approximate surface area is 105 Å². The number of Topliss-reactive ketones (excluding diaryl/α,β-unsaturated/α-hetero) is 2. The van der Waals surface area contributed by atoms with Crippen molar-refractivity contribution in [1.82, 2.24) is 0 Å². The summed E-state index contributed by atoms with van der Waals surface area (Å²) in [6, 6.07) is 6.40. The first-order valence-electron chi connectivity index (χ1n) is 5.45. The summed E-state index contributed by atoms with van der Waals surface area (Å²) in [6.07, 6.45) is -0.494. The van der Waals surface area contributed by atoms with Crippen LogP contribution in [-0.4, -0.2) is 31.3 Å². The Kier molecular flexibility index (Phi) is 5.05. The summed E-state index contributed by atoms with van der Waals surface area (Å²) in [4.78, 5) is 34.2. The van der Waals surface area contributed by atoms with Crippen LogP contribution in [0.1, 0.15) is 23.7 Å². The van der Waals surface area contributed by atoms with Crippen LogP contribution in [0.4, 0.5) is 0 Å². The Morgan fingerprint density at radius 3 is 2.56 bits per heavy atom. The van der Waals surface area contributed by atoms with E-state index in [1.165, 1.54) is 13.2 Å². The average Bonchev–Trinajstić information content (AvgIpc) is 2.39. The van der Waals surface area contributed by atoms with Gasteiger partial charge in [-0.2, -0.15) is 0 Å². The van der Waals surface area contributed by atoms with E-state index in [2.05, 4.69) is 4.74 Å². The van der Waals surface area contributed by atoms with Gasteiger partial charge in [0.25, 0.3) is 0 Å². The van der Waals surface area contributed by atoms with E-state index < -0.39 is 24.0 Å². The zero-order valence-corrected chi connectivity index (χ0v) is 10.3. The molecule has 18 heavy (non-hydrogen) atoms. The summed E-state index contributed by atoms with van der Waals surface area (Å²) in [6.45, 7) is 1.70. The number of benzene rings is 1. The lowest BCUT2D eigenvalue weighted by Gasteiger charge is -2.03. The molecule has 0 unspecified atom stereocenters. The SMILES string of the molecule is CCOC(=O)C(=O)CC(=O)c1cccc(OC)c1. The zero-order chi connectivity index (χ0) is 13.5. The Balaban J connectivity index is 2.70. The van der Waals surface area contributed by atoms with E-state index in [0.717, 1.165) is 0 Å². The maximum absolute atomic E-state index is 11.7. The average molecular weight is 250 g/mol. The fourth-order valence-electron chi connectivity index (χ4n) is 1.33. The predicted molar refractivity (Wildman–Crippen MR) is 63.6 cm³/mol. The number of ether oxygens (including phenoxy) is 2. The molecule has 1 aromatic carbocycles. The van der Waals surface area contributed by atoms with Gasteiger partial charge < -0.3 is 9.47 Å². The number of esters is 1. The molecule has 0 bridgehead atoms.